The fraction of sp³-hybridized carbons (Fsp3) is 0.400. The summed E-state index contributed by atoms with van der Waals surface area (Å²) in [6, 6.07) is 1.74. The Balaban J connectivity index is 1.99. The summed E-state index contributed by atoms with van der Waals surface area (Å²) in [5.41, 5.74) is 5.85. The van der Waals surface area contributed by atoms with Crippen LogP contribution in [-0.2, 0) is 0 Å². The van der Waals surface area contributed by atoms with E-state index in [0.29, 0.717) is 10.2 Å². The third-order valence-corrected chi connectivity index (χ3v) is 5.41. The molecule has 1 saturated carbocycles. The van der Waals surface area contributed by atoms with Crippen molar-refractivity contribution < 1.29 is 4.79 Å². The molecule has 2 amide bonds. The number of amides is 2. The lowest BCUT2D eigenvalue weighted by Gasteiger charge is -2.22. The first-order valence-corrected chi connectivity index (χ1v) is 7.17. The van der Waals surface area contributed by atoms with Crippen molar-refractivity contribution in [2.75, 3.05) is 0 Å². The summed E-state index contributed by atoms with van der Waals surface area (Å²) >= 11 is 10.8. The molecule has 2 heterocycles. The molecule has 4 nitrogen and oxygen atoms in total. The number of thiophene rings is 1. The second-order valence-electron chi connectivity index (χ2n) is 4.13. The molecule has 0 aromatic carbocycles. The number of halogens is 2. The minimum atomic E-state index is -0.233. The minimum absolute atomic E-state index is 0.226. The van der Waals surface area contributed by atoms with Crippen LogP contribution in [0, 0.1) is 0 Å². The highest BCUT2D eigenvalue weighted by atomic mass is 79.9. The Kier molecular flexibility index (Phi) is 2.68. The molecule has 17 heavy (non-hydrogen) atoms. The van der Waals surface area contributed by atoms with Crippen molar-refractivity contribution in [3.8, 4) is 0 Å². The molecule has 1 unspecified atom stereocenters. The number of carbonyl (C=O) groups is 1. The van der Waals surface area contributed by atoms with Crippen LogP contribution >= 0.6 is 38.9 Å². The second-order valence-corrected chi connectivity index (χ2v) is 6.67. The summed E-state index contributed by atoms with van der Waals surface area (Å²) in [6.07, 6.45) is 2.07. The van der Waals surface area contributed by atoms with Crippen molar-refractivity contribution in [2.45, 2.75) is 24.9 Å². The molecule has 0 radical (unpaired) electrons. The predicted molar refractivity (Wildman–Crippen MR) is 71.6 cm³/mol. The highest BCUT2D eigenvalue weighted by Crippen LogP contribution is 2.43. The van der Waals surface area contributed by atoms with Crippen LogP contribution in [-0.4, -0.2) is 22.8 Å². The van der Waals surface area contributed by atoms with Crippen molar-refractivity contribution in [2.24, 2.45) is 10.7 Å². The van der Waals surface area contributed by atoms with Gasteiger partial charge in [-0.3, -0.25) is 0 Å². The molecule has 0 spiro atoms. The molecule has 2 N–H and O–H groups in total. The van der Waals surface area contributed by atoms with Crippen molar-refractivity contribution in [3.63, 3.8) is 0 Å². The van der Waals surface area contributed by atoms with Gasteiger partial charge in [0.1, 0.15) is 16.2 Å². The van der Waals surface area contributed by atoms with Crippen LogP contribution in [0.4, 0.5) is 4.79 Å². The zero-order valence-corrected chi connectivity index (χ0v) is 11.8. The predicted octanol–water partition coefficient (Wildman–Crippen LogP) is 3.16. The first-order valence-electron chi connectivity index (χ1n) is 5.19. The normalized spacial score (nSPS) is 24.4. The Bertz CT molecular complexity index is 506. The molecule has 2 aliphatic rings. The van der Waals surface area contributed by atoms with Crippen LogP contribution < -0.4 is 5.73 Å². The summed E-state index contributed by atoms with van der Waals surface area (Å²) in [4.78, 5) is 18.3. The van der Waals surface area contributed by atoms with Crippen molar-refractivity contribution in [3.05, 3.63) is 19.8 Å². The summed E-state index contributed by atoms with van der Waals surface area (Å²) < 4.78 is 1.50. The van der Waals surface area contributed by atoms with Gasteiger partial charge in [0.2, 0.25) is 0 Å². The number of urea groups is 1. The smallest absolute Gasteiger partial charge is 0.346 e. The van der Waals surface area contributed by atoms with Gasteiger partial charge in [0.05, 0.1) is 0 Å². The van der Waals surface area contributed by atoms with Gasteiger partial charge in [0.25, 0.3) is 0 Å². The van der Waals surface area contributed by atoms with Crippen molar-refractivity contribution in [1.29, 1.82) is 0 Å². The fourth-order valence-electron chi connectivity index (χ4n) is 1.98. The Morgan fingerprint density at radius 3 is 2.82 bits per heavy atom. The van der Waals surface area contributed by atoms with Crippen LogP contribution in [0.15, 0.2) is 15.5 Å². The summed E-state index contributed by atoms with van der Waals surface area (Å²) in [5, 5.41) is 0. The van der Waals surface area contributed by atoms with E-state index in [1.807, 2.05) is 6.07 Å². The second kappa shape index (κ2) is 3.96. The van der Waals surface area contributed by atoms with E-state index in [9.17, 15) is 4.79 Å². The summed E-state index contributed by atoms with van der Waals surface area (Å²) in [6.45, 7) is 0. The average molecular weight is 335 g/mol. The molecule has 1 fully saturated rings. The number of rotatable bonds is 2. The Hall–Kier alpha value is -0.590. The van der Waals surface area contributed by atoms with Gasteiger partial charge in [-0.25, -0.2) is 4.79 Å². The van der Waals surface area contributed by atoms with E-state index in [0.717, 1.165) is 22.2 Å². The third kappa shape index (κ3) is 1.88. The van der Waals surface area contributed by atoms with E-state index in [4.69, 9.17) is 17.3 Å². The highest BCUT2D eigenvalue weighted by molar-refractivity contribution is 9.10. The average Bonchev–Trinajstić information content (AvgIpc) is 2.97. The van der Waals surface area contributed by atoms with Gasteiger partial charge in [0, 0.05) is 15.4 Å². The molecule has 1 aromatic heterocycles. The fourth-order valence-corrected chi connectivity index (χ4v) is 3.83. The lowest BCUT2D eigenvalue weighted by molar-refractivity contribution is 0.204. The lowest BCUT2D eigenvalue weighted by atomic mass is 10.2. The number of nitrogens with two attached hydrogens (primary N) is 1. The number of nitrogens with zero attached hydrogens (tertiary/aromatic N) is 2. The van der Waals surface area contributed by atoms with E-state index in [-0.39, 0.29) is 18.1 Å². The topological polar surface area (TPSA) is 58.7 Å². The quantitative estimate of drug-likeness (QED) is 0.903. The minimum Gasteiger partial charge on any atom is -0.385 e. The SMILES string of the molecule is NC1=NC(=O)N(C2CC2)C1c1cc(Br)c(Cl)s1. The monoisotopic (exact) mass is 333 g/mol. The van der Waals surface area contributed by atoms with Crippen molar-refractivity contribution >= 4 is 50.7 Å². The van der Waals surface area contributed by atoms with Gasteiger partial charge in [0.15, 0.2) is 0 Å². The third-order valence-electron chi connectivity index (χ3n) is 2.88. The molecule has 1 aliphatic carbocycles. The van der Waals surface area contributed by atoms with Crippen LogP contribution in [0.2, 0.25) is 4.34 Å². The van der Waals surface area contributed by atoms with Gasteiger partial charge in [-0.2, -0.15) is 4.99 Å². The van der Waals surface area contributed by atoms with Gasteiger partial charge in [-0.05, 0) is 34.8 Å². The van der Waals surface area contributed by atoms with E-state index in [1.165, 1.54) is 11.3 Å². The number of amidine groups is 1. The first kappa shape index (κ1) is 11.5. The van der Waals surface area contributed by atoms with Gasteiger partial charge >= 0.3 is 6.03 Å². The zero-order valence-electron chi connectivity index (χ0n) is 8.69. The Morgan fingerprint density at radius 1 is 1.59 bits per heavy atom. The molecule has 1 aliphatic heterocycles. The molecule has 3 rings (SSSR count). The number of hydrogen-bond donors (Lipinski definition) is 1. The van der Waals surface area contributed by atoms with E-state index >= 15 is 0 Å². The zero-order chi connectivity index (χ0) is 12.2. The van der Waals surface area contributed by atoms with Gasteiger partial charge in [-0.15, -0.1) is 11.3 Å². The highest BCUT2D eigenvalue weighted by Gasteiger charge is 2.44. The summed E-state index contributed by atoms with van der Waals surface area (Å²) in [5.74, 6) is 0.368. The van der Waals surface area contributed by atoms with Crippen LogP contribution in [0.1, 0.15) is 23.8 Å². The molecule has 7 heteroatoms. The van der Waals surface area contributed by atoms with E-state index < -0.39 is 0 Å². The molecule has 90 valence electrons. The largest absolute Gasteiger partial charge is 0.385 e. The van der Waals surface area contributed by atoms with Crippen molar-refractivity contribution in [1.82, 2.24) is 4.90 Å². The summed E-state index contributed by atoms with van der Waals surface area (Å²) in [7, 11) is 0. The maximum atomic E-state index is 11.8. The van der Waals surface area contributed by atoms with Crippen LogP contribution in [0.5, 0.6) is 0 Å². The van der Waals surface area contributed by atoms with Gasteiger partial charge < -0.3 is 10.6 Å². The van der Waals surface area contributed by atoms with Gasteiger partial charge in [-0.1, -0.05) is 11.6 Å². The molecular formula is C10H9BrClN3OS. The molecular weight excluding hydrogens is 326 g/mol. The van der Waals surface area contributed by atoms with Crippen LogP contribution in [0.25, 0.3) is 0 Å². The Morgan fingerprint density at radius 2 is 2.29 bits per heavy atom. The maximum absolute atomic E-state index is 11.8. The maximum Gasteiger partial charge on any atom is 0.346 e. The number of carbonyl (C=O) groups excluding carboxylic acids is 1. The number of hydrogen-bond acceptors (Lipinski definition) is 3. The van der Waals surface area contributed by atoms with Crippen LogP contribution in [0.3, 0.4) is 0 Å². The molecule has 1 atom stereocenters. The van der Waals surface area contributed by atoms with E-state index in [2.05, 4.69) is 20.9 Å². The number of aliphatic imine (C=N–C) groups is 1. The lowest BCUT2D eigenvalue weighted by Crippen LogP contribution is -2.34. The first-order chi connectivity index (χ1) is 8.08. The van der Waals surface area contributed by atoms with E-state index in [1.54, 1.807) is 4.90 Å². The molecule has 0 bridgehead atoms. The molecule has 1 aromatic rings. The Labute approximate surface area is 116 Å². The molecule has 0 saturated heterocycles. The standard InChI is InChI=1S/C10H9BrClN3OS/c11-5-3-6(17-8(5)12)7-9(13)14-10(16)15(7)4-1-2-4/h3-4,7H,1-2H2,(H2,13,14,16).